The van der Waals surface area contributed by atoms with Gasteiger partial charge in [-0.2, -0.15) is 4.98 Å². The summed E-state index contributed by atoms with van der Waals surface area (Å²) >= 11 is 1.62. The molecule has 0 bridgehead atoms. The molecule has 1 fully saturated rings. The van der Waals surface area contributed by atoms with Crippen molar-refractivity contribution in [3.05, 3.63) is 34.1 Å². The minimum atomic E-state index is -0.0580. The number of rotatable bonds is 3. The first kappa shape index (κ1) is 13.3. The molecule has 0 aromatic carbocycles. The zero-order valence-electron chi connectivity index (χ0n) is 11.4. The zero-order chi connectivity index (χ0) is 13.9. The van der Waals surface area contributed by atoms with Crippen molar-refractivity contribution in [2.24, 2.45) is 0 Å². The monoisotopic (exact) mass is 291 g/mol. The van der Waals surface area contributed by atoms with Crippen LogP contribution in [0.1, 0.15) is 41.9 Å². The molecule has 0 N–H and O–H groups in total. The summed E-state index contributed by atoms with van der Waals surface area (Å²) in [6.07, 6.45) is 3.49. The number of hydrogen-bond donors (Lipinski definition) is 0. The van der Waals surface area contributed by atoms with Crippen molar-refractivity contribution in [3.63, 3.8) is 0 Å². The Morgan fingerprint density at radius 3 is 3.15 bits per heavy atom. The topological polar surface area (TPSA) is 59.2 Å². The lowest BCUT2D eigenvalue weighted by Crippen LogP contribution is -2.39. The van der Waals surface area contributed by atoms with E-state index in [0.717, 1.165) is 30.7 Å². The highest BCUT2D eigenvalue weighted by Gasteiger charge is 2.31. The number of hydrogen-bond acceptors (Lipinski definition) is 5. The molecule has 1 saturated heterocycles. The maximum absolute atomic E-state index is 12.5. The van der Waals surface area contributed by atoms with Gasteiger partial charge in [-0.05, 0) is 37.6 Å². The summed E-state index contributed by atoms with van der Waals surface area (Å²) in [7, 11) is 0. The maximum Gasteiger partial charge on any atom is 0.249 e. The first-order chi connectivity index (χ1) is 9.74. The summed E-state index contributed by atoms with van der Waals surface area (Å²) in [5.74, 6) is 1.34. The van der Waals surface area contributed by atoms with Gasteiger partial charge in [0.05, 0.1) is 6.42 Å². The third-order valence-corrected chi connectivity index (χ3v) is 4.43. The van der Waals surface area contributed by atoms with E-state index in [4.69, 9.17) is 4.52 Å². The van der Waals surface area contributed by atoms with Gasteiger partial charge in [0.15, 0.2) is 5.82 Å². The summed E-state index contributed by atoms with van der Waals surface area (Å²) in [5.41, 5.74) is 0. The van der Waals surface area contributed by atoms with E-state index in [1.54, 1.807) is 18.3 Å². The predicted molar refractivity (Wildman–Crippen MR) is 75.4 cm³/mol. The molecule has 0 unspecified atom stereocenters. The van der Waals surface area contributed by atoms with E-state index in [9.17, 15) is 4.79 Å². The molecule has 0 saturated carbocycles. The maximum atomic E-state index is 12.5. The van der Waals surface area contributed by atoms with E-state index in [2.05, 4.69) is 10.1 Å². The van der Waals surface area contributed by atoms with Crippen molar-refractivity contribution in [2.75, 3.05) is 6.54 Å². The van der Waals surface area contributed by atoms with E-state index < -0.39 is 0 Å². The largest absolute Gasteiger partial charge is 0.337 e. The lowest BCUT2D eigenvalue weighted by atomic mass is 10.0. The second kappa shape index (κ2) is 5.75. The molecule has 1 amide bonds. The van der Waals surface area contributed by atoms with Crippen molar-refractivity contribution in [1.82, 2.24) is 15.0 Å². The number of carbonyl (C=O) groups excluding carboxylic acids is 1. The van der Waals surface area contributed by atoms with Gasteiger partial charge < -0.3 is 9.42 Å². The van der Waals surface area contributed by atoms with Gasteiger partial charge in [0.25, 0.3) is 0 Å². The summed E-state index contributed by atoms with van der Waals surface area (Å²) in [6.45, 7) is 2.57. The lowest BCUT2D eigenvalue weighted by molar-refractivity contribution is -0.134. The van der Waals surface area contributed by atoms with E-state index in [0.29, 0.717) is 18.1 Å². The van der Waals surface area contributed by atoms with Crippen LogP contribution in [0.4, 0.5) is 0 Å². The van der Waals surface area contributed by atoms with Crippen LogP contribution in [0.3, 0.4) is 0 Å². The second-order valence-corrected chi connectivity index (χ2v) is 6.07. The van der Waals surface area contributed by atoms with Gasteiger partial charge in [0.1, 0.15) is 6.04 Å². The molecular weight excluding hydrogens is 274 g/mol. The fourth-order valence-corrected chi connectivity index (χ4v) is 3.29. The van der Waals surface area contributed by atoms with Crippen molar-refractivity contribution < 1.29 is 9.32 Å². The molecule has 20 heavy (non-hydrogen) atoms. The first-order valence-corrected chi connectivity index (χ1v) is 7.74. The van der Waals surface area contributed by atoms with Crippen LogP contribution >= 0.6 is 11.3 Å². The summed E-state index contributed by atoms with van der Waals surface area (Å²) in [5, 5.41) is 5.84. The fraction of sp³-hybridized carbons (Fsp3) is 0.500. The van der Waals surface area contributed by atoms with Crippen molar-refractivity contribution in [1.29, 1.82) is 0 Å². The van der Waals surface area contributed by atoms with E-state index in [1.807, 2.05) is 22.4 Å². The van der Waals surface area contributed by atoms with Gasteiger partial charge in [-0.25, -0.2) is 0 Å². The molecule has 1 atom stereocenters. The number of aromatic nitrogens is 2. The molecule has 0 radical (unpaired) electrons. The fourth-order valence-electron chi connectivity index (χ4n) is 2.60. The SMILES string of the molecule is Cc1noc([C@H]2CCCCN2C(=O)Cc2cccs2)n1. The Labute approximate surface area is 121 Å². The number of aryl methyl sites for hydroxylation is 1. The average Bonchev–Trinajstić information content (AvgIpc) is 3.10. The number of likely N-dealkylation sites (tertiary alicyclic amines) is 1. The van der Waals surface area contributed by atoms with Crippen molar-refractivity contribution in [2.45, 2.75) is 38.6 Å². The predicted octanol–water partition coefficient (Wildman–Crippen LogP) is 2.74. The van der Waals surface area contributed by atoms with Crippen LogP contribution in [0.15, 0.2) is 22.0 Å². The summed E-state index contributed by atoms with van der Waals surface area (Å²) in [4.78, 5) is 19.8. The number of amides is 1. The standard InChI is InChI=1S/C14H17N3O2S/c1-10-15-14(19-16-10)12-6-2-3-7-17(12)13(18)9-11-5-4-8-20-11/h4-5,8,12H,2-3,6-7,9H2,1H3/t12-/m1/s1. The van der Waals surface area contributed by atoms with E-state index >= 15 is 0 Å². The molecule has 2 aromatic heterocycles. The third-order valence-electron chi connectivity index (χ3n) is 3.56. The second-order valence-electron chi connectivity index (χ2n) is 5.03. The molecular formula is C14H17N3O2S. The van der Waals surface area contributed by atoms with Crippen LogP contribution in [-0.2, 0) is 11.2 Å². The van der Waals surface area contributed by atoms with Crippen LogP contribution in [-0.4, -0.2) is 27.5 Å². The van der Waals surface area contributed by atoms with E-state index in [-0.39, 0.29) is 11.9 Å². The van der Waals surface area contributed by atoms with Crippen LogP contribution in [0.5, 0.6) is 0 Å². The Hall–Kier alpha value is -1.69. The van der Waals surface area contributed by atoms with Gasteiger partial charge in [0.2, 0.25) is 11.8 Å². The Balaban J connectivity index is 1.76. The Morgan fingerprint density at radius 2 is 2.45 bits per heavy atom. The molecule has 3 heterocycles. The Kier molecular flexibility index (Phi) is 3.82. The van der Waals surface area contributed by atoms with Gasteiger partial charge in [0, 0.05) is 11.4 Å². The van der Waals surface area contributed by atoms with Crippen LogP contribution in [0.25, 0.3) is 0 Å². The van der Waals surface area contributed by atoms with Gasteiger partial charge in [-0.1, -0.05) is 11.2 Å². The van der Waals surface area contributed by atoms with Crippen molar-refractivity contribution in [3.8, 4) is 0 Å². The normalized spacial score (nSPS) is 19.2. The number of nitrogens with zero attached hydrogens (tertiary/aromatic N) is 3. The molecule has 0 spiro atoms. The van der Waals surface area contributed by atoms with Crippen molar-refractivity contribution >= 4 is 17.2 Å². The minimum absolute atomic E-state index is 0.0580. The Bertz CT molecular complexity index is 579. The number of thiophene rings is 1. The van der Waals surface area contributed by atoms with E-state index in [1.165, 1.54) is 0 Å². The third kappa shape index (κ3) is 2.75. The average molecular weight is 291 g/mol. The van der Waals surface area contributed by atoms with Gasteiger partial charge in [-0.15, -0.1) is 11.3 Å². The highest BCUT2D eigenvalue weighted by molar-refractivity contribution is 7.10. The molecule has 106 valence electrons. The highest BCUT2D eigenvalue weighted by Crippen LogP contribution is 2.30. The Morgan fingerprint density at radius 1 is 1.55 bits per heavy atom. The summed E-state index contributed by atoms with van der Waals surface area (Å²) in [6, 6.07) is 3.91. The quantitative estimate of drug-likeness (QED) is 0.872. The highest BCUT2D eigenvalue weighted by atomic mass is 32.1. The van der Waals surface area contributed by atoms with Gasteiger partial charge in [-0.3, -0.25) is 4.79 Å². The minimum Gasteiger partial charge on any atom is -0.337 e. The first-order valence-electron chi connectivity index (χ1n) is 6.86. The van der Waals surface area contributed by atoms with Crippen LogP contribution < -0.4 is 0 Å². The molecule has 1 aliphatic heterocycles. The summed E-state index contributed by atoms with van der Waals surface area (Å²) < 4.78 is 5.27. The zero-order valence-corrected chi connectivity index (χ0v) is 12.2. The smallest absolute Gasteiger partial charge is 0.249 e. The van der Waals surface area contributed by atoms with Crippen LogP contribution in [0.2, 0.25) is 0 Å². The molecule has 5 nitrogen and oxygen atoms in total. The van der Waals surface area contributed by atoms with Crippen LogP contribution in [0, 0.1) is 6.92 Å². The number of piperidine rings is 1. The molecule has 6 heteroatoms. The van der Waals surface area contributed by atoms with Gasteiger partial charge >= 0.3 is 0 Å². The molecule has 3 rings (SSSR count). The lowest BCUT2D eigenvalue weighted by Gasteiger charge is -2.33. The molecule has 0 aliphatic carbocycles. The molecule has 1 aliphatic rings. The number of carbonyl (C=O) groups is 1. The molecule has 2 aromatic rings.